The van der Waals surface area contributed by atoms with E-state index in [4.69, 9.17) is 10.00 Å². The Kier molecular flexibility index (Phi) is 5.01. The van der Waals surface area contributed by atoms with Gasteiger partial charge in [-0.05, 0) is 13.8 Å². The van der Waals surface area contributed by atoms with Crippen molar-refractivity contribution in [3.05, 3.63) is 12.2 Å². The normalized spacial score (nSPS) is 30.4. The largest absolute Gasteiger partial charge is 0.478 e. The summed E-state index contributed by atoms with van der Waals surface area (Å²) in [6.07, 6.45) is -0.245. The van der Waals surface area contributed by atoms with E-state index < -0.39 is 13.8 Å². The van der Waals surface area contributed by atoms with E-state index in [-0.39, 0.29) is 18.3 Å². The molecule has 6 nitrogen and oxygen atoms in total. The third-order valence-electron chi connectivity index (χ3n) is 1.15. The van der Waals surface area contributed by atoms with Gasteiger partial charge in [-0.25, -0.2) is 9.36 Å². The van der Waals surface area contributed by atoms with Gasteiger partial charge in [-0.3, -0.25) is 9.05 Å². The molecule has 0 amide bonds. The second-order valence-corrected chi connectivity index (χ2v) is 4.17. The molecule has 0 aromatic heterocycles. The molecule has 1 fully saturated rings. The van der Waals surface area contributed by atoms with Crippen molar-refractivity contribution < 1.29 is 28.4 Å². The summed E-state index contributed by atoms with van der Waals surface area (Å²) in [5.74, 6) is -0.935. The van der Waals surface area contributed by atoms with E-state index in [0.29, 0.717) is 0 Å². The molecule has 82 valence electrons. The van der Waals surface area contributed by atoms with E-state index in [1.54, 1.807) is 6.92 Å². The van der Waals surface area contributed by atoms with Crippen LogP contribution in [0.3, 0.4) is 0 Å². The number of hydrogen-bond acceptors (Lipinski definition) is 4. The Balaban J connectivity index is 0.000000255. The van der Waals surface area contributed by atoms with Crippen LogP contribution < -0.4 is 0 Å². The maximum Gasteiger partial charge on any atom is 0.472 e. The minimum atomic E-state index is -3.60. The van der Waals surface area contributed by atoms with Gasteiger partial charge in [0.2, 0.25) is 0 Å². The zero-order valence-corrected chi connectivity index (χ0v) is 8.86. The van der Waals surface area contributed by atoms with Crippen LogP contribution in [0, 0.1) is 0 Å². The van der Waals surface area contributed by atoms with Gasteiger partial charge in [0.05, 0.1) is 12.7 Å². The number of rotatable bonds is 1. The summed E-state index contributed by atoms with van der Waals surface area (Å²) in [6.45, 7) is 6.49. The number of carbonyl (C=O) groups is 1. The first-order valence-corrected chi connectivity index (χ1v) is 5.28. The van der Waals surface area contributed by atoms with E-state index in [1.165, 1.54) is 6.92 Å². The molecule has 14 heavy (non-hydrogen) atoms. The van der Waals surface area contributed by atoms with Crippen LogP contribution in [0.1, 0.15) is 13.8 Å². The van der Waals surface area contributed by atoms with Crippen molar-refractivity contribution in [2.75, 3.05) is 6.61 Å². The summed E-state index contributed by atoms with van der Waals surface area (Å²) in [5.41, 5.74) is 0.176. The van der Waals surface area contributed by atoms with Gasteiger partial charge >= 0.3 is 13.8 Å². The molecule has 0 aromatic rings. The molecule has 2 unspecified atom stereocenters. The lowest BCUT2D eigenvalue weighted by atomic mass is 10.4. The van der Waals surface area contributed by atoms with E-state index in [9.17, 15) is 9.36 Å². The lowest BCUT2D eigenvalue weighted by Crippen LogP contribution is -1.99. The van der Waals surface area contributed by atoms with Gasteiger partial charge in [0.15, 0.2) is 0 Å². The fourth-order valence-electron chi connectivity index (χ4n) is 0.487. The number of phosphoric acid groups is 1. The molecule has 0 aliphatic carbocycles. The first-order chi connectivity index (χ1) is 6.24. The molecule has 7 heteroatoms. The van der Waals surface area contributed by atoms with Gasteiger partial charge in [0.1, 0.15) is 0 Å². The van der Waals surface area contributed by atoms with Crippen molar-refractivity contribution in [3.8, 4) is 0 Å². The number of aliphatic carboxylic acids is 1. The standard InChI is InChI=1S/C4H6O2.C3H7O4P/c1-3(2)4(5)6;1-3-2-6-8(4,5)7-3/h1H2,2H3,(H,5,6);3H,2H2,1H3,(H,4,5). The predicted octanol–water partition coefficient (Wildman–Crippen LogP) is 1.17. The Hall–Kier alpha value is -0.680. The molecule has 1 aliphatic rings. The molecule has 2 atom stereocenters. The van der Waals surface area contributed by atoms with Crippen molar-refractivity contribution >= 4 is 13.8 Å². The van der Waals surface area contributed by atoms with Crippen molar-refractivity contribution in [1.29, 1.82) is 0 Å². The average Bonchev–Trinajstić information content (AvgIpc) is 2.30. The van der Waals surface area contributed by atoms with Crippen LogP contribution in [0.2, 0.25) is 0 Å². The van der Waals surface area contributed by atoms with Crippen LogP contribution in [0.5, 0.6) is 0 Å². The molecule has 0 saturated carbocycles. The summed E-state index contributed by atoms with van der Waals surface area (Å²) in [4.78, 5) is 18.1. The highest BCUT2D eigenvalue weighted by molar-refractivity contribution is 7.47. The monoisotopic (exact) mass is 224 g/mol. The lowest BCUT2D eigenvalue weighted by Gasteiger charge is -1.97. The highest BCUT2D eigenvalue weighted by Gasteiger charge is 2.32. The smallest absolute Gasteiger partial charge is 0.472 e. The van der Waals surface area contributed by atoms with Crippen LogP contribution in [0.15, 0.2) is 12.2 Å². The fourth-order valence-corrected chi connectivity index (χ4v) is 1.46. The SMILES string of the molecule is C=C(C)C(=O)O.CC1COP(=O)(O)O1. The van der Waals surface area contributed by atoms with Crippen LogP contribution in [-0.2, 0) is 18.4 Å². The zero-order valence-electron chi connectivity index (χ0n) is 7.97. The minimum absolute atomic E-state index is 0.176. The van der Waals surface area contributed by atoms with E-state index in [2.05, 4.69) is 15.6 Å². The highest BCUT2D eigenvalue weighted by atomic mass is 31.2. The Morgan fingerprint density at radius 1 is 1.64 bits per heavy atom. The fraction of sp³-hybridized carbons (Fsp3) is 0.571. The van der Waals surface area contributed by atoms with Crippen LogP contribution in [0.4, 0.5) is 0 Å². The summed E-state index contributed by atoms with van der Waals surface area (Å²) >= 11 is 0. The molecule has 1 heterocycles. The molecule has 1 rings (SSSR count). The Morgan fingerprint density at radius 2 is 2.07 bits per heavy atom. The van der Waals surface area contributed by atoms with Crippen molar-refractivity contribution in [1.82, 2.24) is 0 Å². The quantitative estimate of drug-likeness (QED) is 0.513. The molecule has 0 radical (unpaired) electrons. The second kappa shape index (κ2) is 5.26. The molecule has 0 spiro atoms. The Labute approximate surface area is 81.8 Å². The molecular weight excluding hydrogens is 211 g/mol. The van der Waals surface area contributed by atoms with Crippen LogP contribution in [0.25, 0.3) is 0 Å². The zero-order chi connectivity index (χ0) is 11.4. The first kappa shape index (κ1) is 13.3. The third-order valence-corrected chi connectivity index (χ3v) is 2.25. The number of hydrogen-bond donors (Lipinski definition) is 2. The van der Waals surface area contributed by atoms with Crippen LogP contribution in [-0.4, -0.2) is 28.7 Å². The molecule has 1 aliphatic heterocycles. The van der Waals surface area contributed by atoms with E-state index >= 15 is 0 Å². The molecular formula is C7H13O6P. The summed E-state index contributed by atoms with van der Waals surface area (Å²) in [6, 6.07) is 0. The van der Waals surface area contributed by atoms with Gasteiger partial charge in [-0.1, -0.05) is 6.58 Å². The Bertz CT molecular complexity index is 261. The summed E-state index contributed by atoms with van der Waals surface area (Å²) < 4.78 is 19.1. The van der Waals surface area contributed by atoms with Crippen molar-refractivity contribution in [2.45, 2.75) is 20.0 Å². The first-order valence-electron chi connectivity index (χ1n) is 3.79. The maximum atomic E-state index is 10.3. The Morgan fingerprint density at radius 3 is 2.14 bits per heavy atom. The van der Waals surface area contributed by atoms with Gasteiger partial charge in [0, 0.05) is 5.57 Å². The molecule has 0 aromatic carbocycles. The average molecular weight is 224 g/mol. The number of phosphoric ester groups is 1. The van der Waals surface area contributed by atoms with Gasteiger partial charge < -0.3 is 10.00 Å². The van der Waals surface area contributed by atoms with Crippen LogP contribution >= 0.6 is 7.82 Å². The third kappa shape index (κ3) is 5.88. The van der Waals surface area contributed by atoms with Gasteiger partial charge in [0.25, 0.3) is 0 Å². The summed E-state index contributed by atoms with van der Waals surface area (Å²) in [5, 5.41) is 7.89. The maximum absolute atomic E-state index is 10.3. The predicted molar refractivity (Wildman–Crippen MR) is 48.8 cm³/mol. The number of carboxylic acid groups (broad SMARTS) is 1. The molecule has 0 bridgehead atoms. The number of carboxylic acids is 1. The molecule has 2 N–H and O–H groups in total. The minimum Gasteiger partial charge on any atom is -0.478 e. The van der Waals surface area contributed by atoms with Crippen molar-refractivity contribution in [3.63, 3.8) is 0 Å². The van der Waals surface area contributed by atoms with Gasteiger partial charge in [-0.2, -0.15) is 0 Å². The summed E-state index contributed by atoms with van der Waals surface area (Å²) in [7, 11) is -3.60. The second-order valence-electron chi connectivity index (χ2n) is 2.77. The van der Waals surface area contributed by atoms with E-state index in [0.717, 1.165) is 0 Å². The lowest BCUT2D eigenvalue weighted by molar-refractivity contribution is -0.132. The van der Waals surface area contributed by atoms with Crippen molar-refractivity contribution in [2.24, 2.45) is 0 Å². The van der Waals surface area contributed by atoms with Gasteiger partial charge in [-0.15, -0.1) is 0 Å². The topological polar surface area (TPSA) is 93.1 Å². The van der Waals surface area contributed by atoms with E-state index in [1.807, 2.05) is 0 Å². The highest BCUT2D eigenvalue weighted by Crippen LogP contribution is 2.49. The molecule has 1 saturated heterocycles.